The van der Waals surface area contributed by atoms with Gasteiger partial charge in [-0.15, -0.1) is 0 Å². The van der Waals surface area contributed by atoms with Crippen LogP contribution in [0.1, 0.15) is 27.3 Å². The zero-order valence-corrected chi connectivity index (χ0v) is 18.5. The Balaban J connectivity index is 0.00000289. The van der Waals surface area contributed by atoms with Crippen molar-refractivity contribution in [2.75, 3.05) is 31.1 Å². The van der Waals surface area contributed by atoms with Gasteiger partial charge in [0.2, 0.25) is 0 Å². The zero-order valence-electron chi connectivity index (χ0n) is 18.5. The van der Waals surface area contributed by atoms with E-state index >= 15 is 0 Å². The van der Waals surface area contributed by atoms with Gasteiger partial charge in [-0.2, -0.15) is 0 Å². The van der Waals surface area contributed by atoms with E-state index in [1.165, 1.54) is 0 Å². The lowest BCUT2D eigenvalue weighted by molar-refractivity contribution is -0.141. The number of benzene rings is 2. The summed E-state index contributed by atoms with van der Waals surface area (Å²) in [6.07, 6.45) is -0.422. The molecular formula is C25H32N4O2. The normalized spacial score (nSPS) is 15.5. The maximum atomic E-state index is 12.6. The molecule has 1 fully saturated rings. The summed E-state index contributed by atoms with van der Waals surface area (Å²) in [7, 11) is 0. The largest absolute Gasteiger partial charge is 0.383 e. The predicted octanol–water partition coefficient (Wildman–Crippen LogP) is 3.91. The van der Waals surface area contributed by atoms with Crippen molar-refractivity contribution in [1.82, 2.24) is 14.9 Å². The van der Waals surface area contributed by atoms with Crippen molar-refractivity contribution in [1.29, 1.82) is 0 Å². The van der Waals surface area contributed by atoms with Crippen LogP contribution >= 0.6 is 0 Å². The first-order valence-electron chi connectivity index (χ1n) is 11.0. The van der Waals surface area contributed by atoms with Crippen LogP contribution < -0.4 is 4.90 Å². The average molecular weight is 421 g/mol. The number of amides is 1. The lowest BCUT2D eigenvalue weighted by Crippen LogP contribution is -2.52. The van der Waals surface area contributed by atoms with Gasteiger partial charge < -0.3 is 14.9 Å². The van der Waals surface area contributed by atoms with E-state index in [0.717, 1.165) is 33.7 Å². The number of hydrogen-bond donors (Lipinski definition) is 1. The summed E-state index contributed by atoms with van der Waals surface area (Å²) in [6.45, 7) is 8.60. The second-order valence-electron chi connectivity index (χ2n) is 8.66. The number of carbonyl (C=O) groups excluding carboxylic acids is 1. The minimum absolute atomic E-state index is 0. The minimum Gasteiger partial charge on any atom is -0.383 e. The van der Waals surface area contributed by atoms with Crippen LogP contribution in [0.15, 0.2) is 48.5 Å². The lowest BCUT2D eigenvalue weighted by Gasteiger charge is -2.37. The number of aliphatic hydroxyl groups is 1. The summed E-state index contributed by atoms with van der Waals surface area (Å²) >= 11 is 0. The first-order chi connectivity index (χ1) is 14.9. The second-order valence-corrected chi connectivity index (χ2v) is 8.66. The van der Waals surface area contributed by atoms with E-state index in [-0.39, 0.29) is 13.3 Å². The van der Waals surface area contributed by atoms with E-state index in [9.17, 15) is 9.90 Å². The van der Waals surface area contributed by atoms with Gasteiger partial charge in [-0.3, -0.25) is 4.79 Å². The molecule has 1 aliphatic rings. The molecule has 1 aliphatic heterocycles. The SMILES string of the molecule is Cc1ccccc1-c1nc(N2CCN(C(=O)[C@H](O)CC(C)C)CC2)c2ccccc2n1.[HH]. The number of aryl methyl sites for hydroxylation is 1. The number of nitrogens with zero attached hydrogens (tertiary/aromatic N) is 4. The summed E-state index contributed by atoms with van der Waals surface area (Å²) in [5.41, 5.74) is 3.08. The summed E-state index contributed by atoms with van der Waals surface area (Å²) in [6, 6.07) is 16.2. The van der Waals surface area contributed by atoms with Crippen LogP contribution in [0, 0.1) is 12.8 Å². The zero-order chi connectivity index (χ0) is 22.0. The molecule has 0 bridgehead atoms. The van der Waals surface area contributed by atoms with Gasteiger partial charge in [0.05, 0.1) is 5.52 Å². The van der Waals surface area contributed by atoms with E-state index in [4.69, 9.17) is 9.97 Å². The molecule has 6 heteroatoms. The van der Waals surface area contributed by atoms with E-state index in [1.807, 2.05) is 44.2 Å². The fourth-order valence-corrected chi connectivity index (χ4v) is 4.14. The molecular weight excluding hydrogens is 388 g/mol. The van der Waals surface area contributed by atoms with Gasteiger partial charge in [0.15, 0.2) is 5.82 Å². The minimum atomic E-state index is -0.918. The number of anilines is 1. The molecule has 6 nitrogen and oxygen atoms in total. The number of carbonyl (C=O) groups is 1. The molecule has 1 aromatic heterocycles. The van der Waals surface area contributed by atoms with Gasteiger partial charge in [0.25, 0.3) is 5.91 Å². The van der Waals surface area contributed by atoms with E-state index in [0.29, 0.717) is 32.6 Å². The first kappa shape index (κ1) is 21.2. The highest BCUT2D eigenvalue weighted by Gasteiger charge is 2.28. The summed E-state index contributed by atoms with van der Waals surface area (Å²) < 4.78 is 0. The summed E-state index contributed by atoms with van der Waals surface area (Å²) in [4.78, 5) is 26.4. The molecule has 0 spiro atoms. The molecule has 164 valence electrons. The molecule has 0 saturated carbocycles. The first-order valence-corrected chi connectivity index (χ1v) is 11.0. The van der Waals surface area contributed by atoms with Crippen molar-refractivity contribution >= 4 is 22.6 Å². The van der Waals surface area contributed by atoms with Crippen molar-refractivity contribution in [3.8, 4) is 11.4 Å². The van der Waals surface area contributed by atoms with Crippen molar-refractivity contribution < 1.29 is 11.3 Å². The number of rotatable bonds is 5. The molecule has 0 radical (unpaired) electrons. The maximum absolute atomic E-state index is 12.6. The van der Waals surface area contributed by atoms with Crippen LogP contribution in [-0.2, 0) is 4.79 Å². The van der Waals surface area contributed by atoms with Gasteiger partial charge in [-0.05, 0) is 37.0 Å². The van der Waals surface area contributed by atoms with E-state index < -0.39 is 6.10 Å². The fraction of sp³-hybridized carbons (Fsp3) is 0.400. The molecule has 1 atom stereocenters. The number of fused-ring (bicyclic) bond motifs is 1. The average Bonchev–Trinajstić information content (AvgIpc) is 2.78. The third-order valence-electron chi connectivity index (χ3n) is 5.84. The highest BCUT2D eigenvalue weighted by Crippen LogP contribution is 2.29. The maximum Gasteiger partial charge on any atom is 0.251 e. The number of aliphatic hydroxyl groups excluding tert-OH is 1. The topological polar surface area (TPSA) is 69.6 Å². The molecule has 3 aromatic rings. The lowest BCUT2D eigenvalue weighted by atomic mass is 10.0. The third kappa shape index (κ3) is 4.54. The van der Waals surface area contributed by atoms with E-state index in [1.54, 1.807) is 4.90 Å². The van der Waals surface area contributed by atoms with Crippen molar-refractivity contribution in [2.24, 2.45) is 5.92 Å². The summed E-state index contributed by atoms with van der Waals surface area (Å²) in [5, 5.41) is 11.2. The van der Waals surface area contributed by atoms with Gasteiger partial charge in [-0.25, -0.2) is 9.97 Å². The molecule has 1 amide bonds. The van der Waals surface area contributed by atoms with Crippen LogP contribution in [0.25, 0.3) is 22.3 Å². The Morgan fingerprint density at radius 1 is 1.03 bits per heavy atom. The van der Waals surface area contributed by atoms with Crippen LogP contribution in [0.5, 0.6) is 0 Å². The standard InChI is InChI=1S/C25H30N4O2.H2/c1-17(2)16-22(30)25(31)29-14-12-28(13-15-29)24-20-10-6-7-11-21(20)26-23(27-24)19-9-5-4-8-18(19)3;/h4-11,17,22,30H,12-16H2,1-3H3;1H/t22-;/m1./s1. The van der Waals surface area contributed by atoms with Gasteiger partial charge >= 0.3 is 0 Å². The highest BCUT2D eigenvalue weighted by molar-refractivity contribution is 5.91. The Hall–Kier alpha value is -2.99. The third-order valence-corrected chi connectivity index (χ3v) is 5.84. The fourth-order valence-electron chi connectivity index (χ4n) is 4.14. The quantitative estimate of drug-likeness (QED) is 0.678. The van der Waals surface area contributed by atoms with Crippen molar-refractivity contribution in [3.05, 3.63) is 54.1 Å². The Kier molecular flexibility index (Phi) is 6.18. The van der Waals surface area contributed by atoms with Crippen LogP contribution in [-0.4, -0.2) is 58.2 Å². The Labute approximate surface area is 185 Å². The molecule has 0 aliphatic carbocycles. The number of hydrogen-bond acceptors (Lipinski definition) is 5. The Morgan fingerprint density at radius 2 is 1.71 bits per heavy atom. The molecule has 1 N–H and O–H groups in total. The number of aromatic nitrogens is 2. The predicted molar refractivity (Wildman–Crippen MR) is 126 cm³/mol. The molecule has 2 heterocycles. The molecule has 4 rings (SSSR count). The molecule has 31 heavy (non-hydrogen) atoms. The molecule has 1 saturated heterocycles. The smallest absolute Gasteiger partial charge is 0.251 e. The van der Waals surface area contributed by atoms with Crippen LogP contribution in [0.2, 0.25) is 0 Å². The van der Waals surface area contributed by atoms with Gasteiger partial charge in [0.1, 0.15) is 11.9 Å². The van der Waals surface area contributed by atoms with Gasteiger partial charge in [0, 0.05) is 38.6 Å². The summed E-state index contributed by atoms with van der Waals surface area (Å²) in [5.74, 6) is 1.74. The van der Waals surface area contributed by atoms with Crippen molar-refractivity contribution in [2.45, 2.75) is 33.3 Å². The van der Waals surface area contributed by atoms with Crippen LogP contribution in [0.3, 0.4) is 0 Å². The van der Waals surface area contributed by atoms with Crippen LogP contribution in [0.4, 0.5) is 5.82 Å². The number of para-hydroxylation sites is 1. The van der Waals surface area contributed by atoms with Gasteiger partial charge in [-0.1, -0.05) is 50.2 Å². The molecule has 0 unspecified atom stereocenters. The Bertz CT molecular complexity index is 1080. The number of piperazine rings is 1. The van der Waals surface area contributed by atoms with Crippen molar-refractivity contribution in [3.63, 3.8) is 0 Å². The monoisotopic (exact) mass is 420 g/mol. The molecule has 2 aromatic carbocycles. The second kappa shape index (κ2) is 9.02. The highest BCUT2D eigenvalue weighted by atomic mass is 16.3. The van der Waals surface area contributed by atoms with E-state index in [2.05, 4.69) is 30.0 Å². The Morgan fingerprint density at radius 3 is 2.42 bits per heavy atom.